The molecule has 0 aliphatic carbocycles. The van der Waals surface area contributed by atoms with Gasteiger partial charge >= 0.3 is 0 Å². The quantitative estimate of drug-likeness (QED) is 0.738. The number of benzene rings is 1. The maximum atomic E-state index is 5.53. The summed E-state index contributed by atoms with van der Waals surface area (Å²) in [5.41, 5.74) is 2.58. The van der Waals surface area contributed by atoms with E-state index in [2.05, 4.69) is 46.4 Å². The lowest BCUT2D eigenvalue weighted by molar-refractivity contribution is 0.104. The van der Waals surface area contributed by atoms with Crippen LogP contribution in [0.3, 0.4) is 0 Å². The zero-order valence-electron chi connectivity index (χ0n) is 11.7. The number of aryl methyl sites for hydroxylation is 1. The second-order valence-corrected chi connectivity index (χ2v) is 5.60. The molecule has 0 aliphatic heterocycles. The Balaban J connectivity index is 1.54. The highest BCUT2D eigenvalue weighted by Crippen LogP contribution is 2.16. The molecular weight excluding hydrogens is 318 g/mol. The van der Waals surface area contributed by atoms with E-state index in [0.29, 0.717) is 6.61 Å². The Morgan fingerprint density at radius 2 is 2.20 bits per heavy atom. The van der Waals surface area contributed by atoms with Crippen molar-refractivity contribution in [3.05, 3.63) is 58.0 Å². The van der Waals surface area contributed by atoms with E-state index in [1.54, 1.807) is 6.26 Å². The van der Waals surface area contributed by atoms with Crippen molar-refractivity contribution in [1.29, 1.82) is 0 Å². The van der Waals surface area contributed by atoms with E-state index in [4.69, 9.17) is 9.15 Å². The number of hydrogen-bond acceptors (Lipinski definition) is 3. The van der Waals surface area contributed by atoms with Gasteiger partial charge in [-0.25, -0.2) is 0 Å². The lowest BCUT2D eigenvalue weighted by Gasteiger charge is -2.07. The van der Waals surface area contributed by atoms with Crippen LogP contribution in [0.15, 0.2) is 45.5 Å². The fourth-order valence-electron chi connectivity index (χ4n) is 1.92. The van der Waals surface area contributed by atoms with Gasteiger partial charge in [0.05, 0.1) is 6.26 Å². The summed E-state index contributed by atoms with van der Waals surface area (Å²) in [5, 5.41) is 3.42. The number of halogens is 1. The fourth-order valence-corrected chi connectivity index (χ4v) is 2.16. The molecule has 0 saturated carbocycles. The van der Waals surface area contributed by atoms with Gasteiger partial charge in [0.1, 0.15) is 12.4 Å². The molecule has 2 aromatic rings. The Labute approximate surface area is 128 Å². The first-order valence-electron chi connectivity index (χ1n) is 6.81. The van der Waals surface area contributed by atoms with E-state index in [-0.39, 0.29) is 0 Å². The van der Waals surface area contributed by atoms with E-state index in [9.17, 15) is 0 Å². The Kier molecular flexibility index (Phi) is 6.30. The minimum absolute atomic E-state index is 0.554. The normalized spacial score (nSPS) is 10.9. The van der Waals surface area contributed by atoms with E-state index >= 15 is 0 Å². The molecule has 2 rings (SSSR count). The first-order chi connectivity index (χ1) is 9.75. The van der Waals surface area contributed by atoms with Crippen molar-refractivity contribution in [2.75, 3.05) is 13.2 Å². The highest BCUT2D eigenvalue weighted by atomic mass is 79.9. The number of rotatable bonds is 8. The predicted molar refractivity (Wildman–Crippen MR) is 83.6 cm³/mol. The van der Waals surface area contributed by atoms with Gasteiger partial charge in [-0.15, -0.1) is 0 Å². The molecule has 1 heterocycles. The van der Waals surface area contributed by atoms with Gasteiger partial charge in [0.2, 0.25) is 0 Å². The highest BCUT2D eigenvalue weighted by Gasteiger charge is 1.98. The van der Waals surface area contributed by atoms with Crippen molar-refractivity contribution < 1.29 is 9.15 Å². The van der Waals surface area contributed by atoms with Crippen LogP contribution in [-0.2, 0) is 17.9 Å². The van der Waals surface area contributed by atoms with Gasteiger partial charge in [-0.1, -0.05) is 28.1 Å². The topological polar surface area (TPSA) is 34.4 Å². The monoisotopic (exact) mass is 337 g/mol. The molecular formula is C16H20BrNO2. The zero-order chi connectivity index (χ0) is 14.2. The molecule has 0 radical (unpaired) electrons. The molecule has 1 N–H and O–H groups in total. The molecule has 0 amide bonds. The van der Waals surface area contributed by atoms with Crippen molar-refractivity contribution in [3.8, 4) is 0 Å². The van der Waals surface area contributed by atoms with Gasteiger partial charge in [-0.2, -0.15) is 0 Å². The number of hydrogen-bond donors (Lipinski definition) is 1. The average molecular weight is 338 g/mol. The molecule has 0 atom stereocenters. The first kappa shape index (κ1) is 15.3. The second-order valence-electron chi connectivity index (χ2n) is 4.75. The third-order valence-corrected chi connectivity index (χ3v) is 3.91. The lowest BCUT2D eigenvalue weighted by atomic mass is 10.1. The van der Waals surface area contributed by atoms with Crippen LogP contribution in [-0.4, -0.2) is 13.2 Å². The third-order valence-electron chi connectivity index (χ3n) is 3.02. The smallest absolute Gasteiger partial charge is 0.129 e. The van der Waals surface area contributed by atoms with Crippen molar-refractivity contribution in [1.82, 2.24) is 5.32 Å². The van der Waals surface area contributed by atoms with Gasteiger partial charge in [0.25, 0.3) is 0 Å². The molecule has 1 aromatic carbocycles. The average Bonchev–Trinajstić information content (AvgIpc) is 2.95. The van der Waals surface area contributed by atoms with Crippen LogP contribution in [0.5, 0.6) is 0 Å². The van der Waals surface area contributed by atoms with E-state index in [1.807, 2.05) is 12.1 Å². The summed E-state index contributed by atoms with van der Waals surface area (Å²) in [6.07, 6.45) is 2.66. The van der Waals surface area contributed by atoms with Gasteiger partial charge in [-0.05, 0) is 49.2 Å². The van der Waals surface area contributed by atoms with Crippen LogP contribution in [0.4, 0.5) is 0 Å². The molecule has 0 spiro atoms. The van der Waals surface area contributed by atoms with Crippen LogP contribution in [0.25, 0.3) is 0 Å². The summed E-state index contributed by atoms with van der Waals surface area (Å²) in [4.78, 5) is 0. The summed E-state index contributed by atoms with van der Waals surface area (Å²) < 4.78 is 11.9. The fraction of sp³-hybridized carbons (Fsp3) is 0.375. The Morgan fingerprint density at radius 1 is 1.30 bits per heavy atom. The van der Waals surface area contributed by atoms with Gasteiger partial charge in [0, 0.05) is 17.6 Å². The van der Waals surface area contributed by atoms with Crippen molar-refractivity contribution in [3.63, 3.8) is 0 Å². The minimum Gasteiger partial charge on any atom is -0.467 e. The number of furan rings is 1. The van der Waals surface area contributed by atoms with Crippen LogP contribution >= 0.6 is 15.9 Å². The molecule has 3 nitrogen and oxygen atoms in total. The van der Waals surface area contributed by atoms with Gasteiger partial charge < -0.3 is 14.5 Å². The third kappa shape index (κ3) is 5.12. The summed E-state index contributed by atoms with van der Waals surface area (Å²) in [6.45, 7) is 5.25. The Bertz CT molecular complexity index is 511. The summed E-state index contributed by atoms with van der Waals surface area (Å²) in [5.74, 6) is 0.878. The minimum atomic E-state index is 0.554. The van der Waals surface area contributed by atoms with Crippen LogP contribution in [0.2, 0.25) is 0 Å². The Morgan fingerprint density at radius 3 is 2.95 bits per heavy atom. The first-order valence-corrected chi connectivity index (χ1v) is 7.61. The molecule has 108 valence electrons. The standard InChI is InChI=1S/C16H20BrNO2/c1-13-10-14(5-6-16(13)17)11-18-7-3-8-19-12-15-4-2-9-20-15/h2,4-6,9-10,18H,3,7-8,11-12H2,1H3. The number of nitrogens with one attached hydrogen (secondary N) is 1. The highest BCUT2D eigenvalue weighted by molar-refractivity contribution is 9.10. The molecule has 20 heavy (non-hydrogen) atoms. The summed E-state index contributed by atoms with van der Waals surface area (Å²) in [7, 11) is 0. The molecule has 4 heteroatoms. The van der Waals surface area contributed by atoms with Crippen LogP contribution in [0.1, 0.15) is 23.3 Å². The van der Waals surface area contributed by atoms with Gasteiger partial charge in [-0.3, -0.25) is 0 Å². The molecule has 0 aliphatic rings. The zero-order valence-corrected chi connectivity index (χ0v) is 13.3. The number of ether oxygens (including phenoxy) is 1. The maximum Gasteiger partial charge on any atom is 0.129 e. The summed E-state index contributed by atoms with van der Waals surface area (Å²) in [6, 6.07) is 10.2. The van der Waals surface area contributed by atoms with Crippen LogP contribution < -0.4 is 5.32 Å². The van der Waals surface area contributed by atoms with E-state index < -0.39 is 0 Å². The van der Waals surface area contributed by atoms with E-state index in [0.717, 1.165) is 36.4 Å². The molecule has 0 unspecified atom stereocenters. The second kappa shape index (κ2) is 8.25. The molecule has 0 saturated heterocycles. The Hall–Kier alpha value is -1.10. The molecule has 1 aromatic heterocycles. The van der Waals surface area contributed by atoms with E-state index in [1.165, 1.54) is 11.1 Å². The van der Waals surface area contributed by atoms with Crippen molar-refractivity contribution in [2.24, 2.45) is 0 Å². The largest absolute Gasteiger partial charge is 0.467 e. The summed E-state index contributed by atoms with van der Waals surface area (Å²) >= 11 is 3.51. The lowest BCUT2D eigenvalue weighted by Crippen LogP contribution is -2.16. The molecule has 0 bridgehead atoms. The predicted octanol–water partition coefficient (Wildman–Crippen LogP) is 4.05. The molecule has 0 fully saturated rings. The van der Waals surface area contributed by atoms with Crippen LogP contribution in [0, 0.1) is 6.92 Å². The SMILES string of the molecule is Cc1cc(CNCCCOCc2ccco2)ccc1Br. The maximum absolute atomic E-state index is 5.53. The van der Waals surface area contributed by atoms with Crippen molar-refractivity contribution >= 4 is 15.9 Å². The van der Waals surface area contributed by atoms with Crippen molar-refractivity contribution in [2.45, 2.75) is 26.5 Å². The van der Waals surface area contributed by atoms with Gasteiger partial charge in [0.15, 0.2) is 0 Å².